The van der Waals surface area contributed by atoms with Crippen molar-refractivity contribution in [2.75, 3.05) is 11.0 Å². The third-order valence-electron chi connectivity index (χ3n) is 5.33. The molecule has 0 amide bonds. The van der Waals surface area contributed by atoms with Crippen LogP contribution in [0.2, 0.25) is 0 Å². The van der Waals surface area contributed by atoms with Crippen LogP contribution in [0.5, 0.6) is 0 Å². The first kappa shape index (κ1) is 27.2. The quantitative estimate of drug-likeness (QED) is 0.104. The van der Waals surface area contributed by atoms with Crippen LogP contribution >= 0.6 is 8.58 Å². The van der Waals surface area contributed by atoms with Gasteiger partial charge in [-0.3, -0.25) is 0 Å². The molecular weight excluding hydrogens is 590 g/mol. The Morgan fingerprint density at radius 2 is 1.65 bits per heavy atom. The van der Waals surface area contributed by atoms with Crippen LogP contribution in [0.4, 0.5) is 26.3 Å². The van der Waals surface area contributed by atoms with Crippen molar-refractivity contribution < 1.29 is 52.3 Å². The van der Waals surface area contributed by atoms with Gasteiger partial charge in [-0.15, -0.1) is 0 Å². The topological polar surface area (TPSA) is 21.6 Å². The zero-order valence-electron chi connectivity index (χ0n) is 18.7. The second-order valence-corrected chi connectivity index (χ2v) is 13.1. The first-order valence-corrected chi connectivity index (χ1v) is 14.8. The van der Waals surface area contributed by atoms with Gasteiger partial charge in [0.25, 0.3) is 0 Å². The van der Waals surface area contributed by atoms with Crippen molar-refractivity contribution in [2.24, 2.45) is 4.99 Å². The van der Waals surface area contributed by atoms with E-state index in [0.717, 1.165) is 48.0 Å². The molecule has 1 aliphatic heterocycles. The van der Waals surface area contributed by atoms with Crippen LogP contribution in [-0.4, -0.2) is 21.0 Å². The van der Waals surface area contributed by atoms with Gasteiger partial charge in [-0.25, -0.2) is 0 Å². The molecule has 0 aromatic heterocycles. The van der Waals surface area contributed by atoms with Crippen LogP contribution in [0, 0.1) is 0 Å². The number of halogens is 7. The minimum absolute atomic E-state index is 0.0312. The van der Waals surface area contributed by atoms with E-state index in [4.69, 9.17) is 4.74 Å². The first-order valence-electron chi connectivity index (χ1n) is 10.9. The van der Waals surface area contributed by atoms with E-state index in [1.807, 2.05) is 6.92 Å². The molecule has 0 spiro atoms. The summed E-state index contributed by atoms with van der Waals surface area (Å²) >= 11 is -0.243. The molecule has 0 aliphatic carbocycles. The molecule has 0 saturated carbocycles. The number of ether oxygens (including phenoxy) is 1. The SMILES string of the molecule is CCCCC[I-][C@H]1COC(c2cc(C(F)(F)F)ccc2PC(C)c2ccc(C(F)(F)F)cc2)=N1. The van der Waals surface area contributed by atoms with Crippen molar-refractivity contribution in [3.63, 3.8) is 0 Å². The molecule has 34 heavy (non-hydrogen) atoms. The monoisotopic (exact) mass is 616 g/mol. The van der Waals surface area contributed by atoms with E-state index in [9.17, 15) is 26.3 Å². The van der Waals surface area contributed by atoms with Gasteiger partial charge in [-0.1, -0.05) is 0 Å². The van der Waals surface area contributed by atoms with E-state index in [-0.39, 0.29) is 45.4 Å². The van der Waals surface area contributed by atoms with Gasteiger partial charge < -0.3 is 0 Å². The molecule has 3 rings (SSSR count). The second-order valence-electron chi connectivity index (χ2n) is 7.97. The van der Waals surface area contributed by atoms with Gasteiger partial charge in [0.1, 0.15) is 0 Å². The van der Waals surface area contributed by atoms with Gasteiger partial charge in [-0.05, 0) is 0 Å². The fraction of sp³-hybridized carbons (Fsp3) is 0.458. The fourth-order valence-electron chi connectivity index (χ4n) is 3.42. The summed E-state index contributed by atoms with van der Waals surface area (Å²) in [5.74, 6) is 0.244. The van der Waals surface area contributed by atoms with Crippen molar-refractivity contribution in [1.29, 1.82) is 0 Å². The number of hydrogen-bond donors (Lipinski definition) is 0. The van der Waals surface area contributed by atoms with Crippen molar-refractivity contribution in [3.8, 4) is 0 Å². The van der Waals surface area contributed by atoms with Crippen LogP contribution in [0.15, 0.2) is 47.5 Å². The third kappa shape index (κ3) is 7.33. The number of aliphatic imine (C=N–C) groups is 1. The molecule has 0 radical (unpaired) electrons. The summed E-state index contributed by atoms with van der Waals surface area (Å²) in [5.41, 5.74) is -0.676. The fourth-order valence-corrected chi connectivity index (χ4v) is 7.35. The van der Waals surface area contributed by atoms with E-state index in [0.29, 0.717) is 23.0 Å². The molecule has 10 heteroatoms. The summed E-state index contributed by atoms with van der Waals surface area (Å²) in [4.78, 5) is 4.61. The Morgan fingerprint density at radius 1 is 1.00 bits per heavy atom. The Bertz CT molecular complexity index is 990. The van der Waals surface area contributed by atoms with Crippen LogP contribution in [0.1, 0.15) is 61.0 Å². The standard InChI is InChI=1S/C24H26F6INOP/c1-3-4-5-12-31-21-14-33-22(32-21)19-13-18(24(28,29)30)10-11-20(19)34-15(2)16-6-8-17(9-7-16)23(25,26)27/h6-11,13,15,21,34H,3-5,12,14H2,1-2H3/q-1/t15?,21-/m1/s1. The molecular formula is C24H26F6INOP-. The summed E-state index contributed by atoms with van der Waals surface area (Å²) in [6.45, 7) is 4.37. The molecule has 2 unspecified atom stereocenters. The van der Waals surface area contributed by atoms with Crippen molar-refractivity contribution in [3.05, 3.63) is 64.7 Å². The molecule has 0 bridgehead atoms. The van der Waals surface area contributed by atoms with E-state index >= 15 is 0 Å². The van der Waals surface area contributed by atoms with E-state index in [1.165, 1.54) is 18.2 Å². The number of alkyl halides is 8. The average molecular weight is 616 g/mol. The molecule has 0 fully saturated rings. The third-order valence-corrected chi connectivity index (χ3v) is 9.88. The minimum atomic E-state index is -4.50. The maximum absolute atomic E-state index is 13.4. The van der Waals surface area contributed by atoms with Gasteiger partial charge in [-0.2, -0.15) is 13.2 Å². The molecule has 1 aliphatic rings. The summed E-state index contributed by atoms with van der Waals surface area (Å²) < 4.78 is 85.7. The van der Waals surface area contributed by atoms with E-state index in [2.05, 4.69) is 11.9 Å². The molecule has 2 aromatic rings. The van der Waals surface area contributed by atoms with Gasteiger partial charge in [0, 0.05) is 0 Å². The first-order chi connectivity index (χ1) is 16.0. The Morgan fingerprint density at radius 3 is 2.26 bits per heavy atom. The Kier molecular flexibility index (Phi) is 9.29. The zero-order valence-corrected chi connectivity index (χ0v) is 21.9. The predicted octanol–water partition coefficient (Wildman–Crippen LogP) is 4.17. The summed E-state index contributed by atoms with van der Waals surface area (Å²) in [5, 5.41) is 0.656. The number of hydrogen-bond acceptors (Lipinski definition) is 2. The molecule has 188 valence electrons. The number of nitrogens with zero attached hydrogens (tertiary/aromatic N) is 1. The Labute approximate surface area is 207 Å². The van der Waals surface area contributed by atoms with E-state index in [1.54, 1.807) is 0 Å². The summed E-state index contributed by atoms with van der Waals surface area (Å²) in [7, 11) is 0.0369. The van der Waals surface area contributed by atoms with Crippen LogP contribution in [-0.2, 0) is 17.1 Å². The average Bonchev–Trinajstić information content (AvgIpc) is 3.24. The van der Waals surface area contributed by atoms with E-state index < -0.39 is 23.5 Å². The van der Waals surface area contributed by atoms with Crippen LogP contribution < -0.4 is 26.5 Å². The van der Waals surface area contributed by atoms with Gasteiger partial charge >= 0.3 is 195 Å². The molecule has 0 N–H and O–H groups in total. The van der Waals surface area contributed by atoms with Crippen molar-refractivity contribution in [2.45, 2.75) is 55.2 Å². The van der Waals surface area contributed by atoms with Crippen LogP contribution in [0.3, 0.4) is 0 Å². The molecule has 2 aromatic carbocycles. The zero-order chi connectivity index (χ0) is 24.9. The molecule has 2 nitrogen and oxygen atoms in total. The number of unbranched alkanes of at least 4 members (excludes halogenated alkanes) is 2. The maximum atomic E-state index is 13.4. The Balaban J connectivity index is 1.83. The summed E-state index contributed by atoms with van der Waals surface area (Å²) in [6.07, 6.45) is -5.50. The van der Waals surface area contributed by atoms with Gasteiger partial charge in [0.2, 0.25) is 0 Å². The van der Waals surface area contributed by atoms with Crippen LogP contribution in [0.25, 0.3) is 0 Å². The Hall–Kier alpha value is -1.35. The van der Waals surface area contributed by atoms with Crippen molar-refractivity contribution in [1.82, 2.24) is 0 Å². The number of benzene rings is 2. The summed E-state index contributed by atoms with van der Waals surface area (Å²) in [6, 6.07) is 8.46. The van der Waals surface area contributed by atoms with Gasteiger partial charge in [0.15, 0.2) is 0 Å². The molecule has 1 heterocycles. The molecule has 0 saturated heterocycles. The molecule has 3 atom stereocenters. The second kappa shape index (κ2) is 11.6. The van der Waals surface area contributed by atoms with Crippen molar-refractivity contribution >= 4 is 19.8 Å². The normalized spacial score (nSPS) is 17.9. The number of rotatable bonds is 9. The predicted molar refractivity (Wildman–Crippen MR) is 120 cm³/mol. The van der Waals surface area contributed by atoms with Gasteiger partial charge in [0.05, 0.1) is 0 Å².